The molecule has 0 saturated carbocycles. The first-order valence-electron chi connectivity index (χ1n) is 5.44. The zero-order valence-electron chi connectivity index (χ0n) is 9.53. The van der Waals surface area contributed by atoms with Crippen molar-refractivity contribution in [2.24, 2.45) is 0 Å². The number of nitrogens with one attached hydrogen (secondary N) is 1. The van der Waals surface area contributed by atoms with Crippen LogP contribution in [0.2, 0.25) is 0 Å². The molecule has 82 valence electrons. The largest absolute Gasteiger partial charge is 0.307 e. The molecule has 0 saturated heterocycles. The summed E-state index contributed by atoms with van der Waals surface area (Å²) in [6.07, 6.45) is 5.48. The van der Waals surface area contributed by atoms with Gasteiger partial charge in [0.1, 0.15) is 5.82 Å². The molecule has 1 aromatic rings. The lowest BCUT2D eigenvalue weighted by atomic mass is 10.1. The van der Waals surface area contributed by atoms with Gasteiger partial charge in [0.25, 0.3) is 0 Å². The molecule has 1 aromatic heterocycles. The summed E-state index contributed by atoms with van der Waals surface area (Å²) in [5.41, 5.74) is 1.23. The minimum atomic E-state index is 0.198. The number of hydrogen-bond donors (Lipinski definition) is 1. The SMILES string of the molecule is C=C(CC)CC(NCC)c1ncccn1. The third-order valence-corrected chi connectivity index (χ3v) is 2.34. The first kappa shape index (κ1) is 11.9. The molecule has 15 heavy (non-hydrogen) atoms. The topological polar surface area (TPSA) is 37.8 Å². The number of aromatic nitrogens is 2. The number of rotatable bonds is 6. The summed E-state index contributed by atoms with van der Waals surface area (Å²) in [6.45, 7) is 9.15. The van der Waals surface area contributed by atoms with E-state index in [1.807, 2.05) is 6.07 Å². The summed E-state index contributed by atoms with van der Waals surface area (Å²) >= 11 is 0. The Bertz CT molecular complexity index is 295. The van der Waals surface area contributed by atoms with E-state index >= 15 is 0 Å². The Morgan fingerprint density at radius 2 is 2.07 bits per heavy atom. The van der Waals surface area contributed by atoms with Crippen molar-refractivity contribution in [3.05, 3.63) is 36.4 Å². The second kappa shape index (κ2) is 6.30. The summed E-state index contributed by atoms with van der Waals surface area (Å²) in [4.78, 5) is 8.54. The number of nitrogens with zero attached hydrogens (tertiary/aromatic N) is 2. The van der Waals surface area contributed by atoms with Crippen LogP contribution in [0.5, 0.6) is 0 Å². The maximum atomic E-state index is 4.27. The van der Waals surface area contributed by atoms with Crippen LogP contribution in [0.4, 0.5) is 0 Å². The van der Waals surface area contributed by atoms with Crippen LogP contribution in [0.15, 0.2) is 30.6 Å². The summed E-state index contributed by atoms with van der Waals surface area (Å²) < 4.78 is 0. The summed E-state index contributed by atoms with van der Waals surface area (Å²) in [7, 11) is 0. The lowest BCUT2D eigenvalue weighted by Gasteiger charge is -2.16. The average molecular weight is 205 g/mol. The highest BCUT2D eigenvalue weighted by Crippen LogP contribution is 2.18. The third-order valence-electron chi connectivity index (χ3n) is 2.34. The van der Waals surface area contributed by atoms with Crippen LogP contribution in [0.3, 0.4) is 0 Å². The zero-order chi connectivity index (χ0) is 11.1. The van der Waals surface area contributed by atoms with E-state index in [0.717, 1.165) is 25.2 Å². The van der Waals surface area contributed by atoms with Crippen molar-refractivity contribution < 1.29 is 0 Å². The average Bonchev–Trinajstić information content (AvgIpc) is 2.29. The molecule has 1 rings (SSSR count). The summed E-state index contributed by atoms with van der Waals surface area (Å²) in [5, 5.41) is 3.38. The Morgan fingerprint density at radius 3 is 2.60 bits per heavy atom. The molecule has 3 heteroatoms. The van der Waals surface area contributed by atoms with Gasteiger partial charge >= 0.3 is 0 Å². The second-order valence-corrected chi connectivity index (χ2v) is 3.52. The van der Waals surface area contributed by atoms with Crippen molar-refractivity contribution in [3.63, 3.8) is 0 Å². The van der Waals surface area contributed by atoms with Gasteiger partial charge in [0.05, 0.1) is 6.04 Å². The molecular weight excluding hydrogens is 186 g/mol. The molecule has 0 aromatic carbocycles. The van der Waals surface area contributed by atoms with Crippen molar-refractivity contribution in [2.75, 3.05) is 6.54 Å². The van der Waals surface area contributed by atoms with E-state index < -0.39 is 0 Å². The molecule has 0 bridgehead atoms. The Kier molecular flexibility index (Phi) is 4.98. The highest BCUT2D eigenvalue weighted by molar-refractivity contribution is 5.04. The van der Waals surface area contributed by atoms with Gasteiger partial charge in [-0.2, -0.15) is 0 Å². The Morgan fingerprint density at radius 1 is 1.40 bits per heavy atom. The van der Waals surface area contributed by atoms with Gasteiger partial charge in [-0.25, -0.2) is 9.97 Å². The van der Waals surface area contributed by atoms with E-state index in [2.05, 4.69) is 35.7 Å². The van der Waals surface area contributed by atoms with Gasteiger partial charge < -0.3 is 5.32 Å². The van der Waals surface area contributed by atoms with Gasteiger partial charge in [-0.1, -0.05) is 26.0 Å². The van der Waals surface area contributed by atoms with E-state index in [4.69, 9.17) is 0 Å². The number of hydrogen-bond acceptors (Lipinski definition) is 3. The van der Waals surface area contributed by atoms with Gasteiger partial charge in [-0.05, 0) is 25.5 Å². The highest BCUT2D eigenvalue weighted by atomic mass is 15.0. The molecule has 0 fully saturated rings. The van der Waals surface area contributed by atoms with Crippen molar-refractivity contribution in [1.29, 1.82) is 0 Å². The van der Waals surface area contributed by atoms with Crippen LogP contribution in [0, 0.1) is 0 Å². The predicted molar refractivity (Wildman–Crippen MR) is 62.5 cm³/mol. The summed E-state index contributed by atoms with van der Waals surface area (Å²) in [6, 6.07) is 2.03. The highest BCUT2D eigenvalue weighted by Gasteiger charge is 2.13. The molecule has 1 N–H and O–H groups in total. The monoisotopic (exact) mass is 205 g/mol. The van der Waals surface area contributed by atoms with Crippen LogP contribution in [0.25, 0.3) is 0 Å². The molecule has 0 spiro atoms. The normalized spacial score (nSPS) is 12.4. The molecule has 3 nitrogen and oxygen atoms in total. The van der Waals surface area contributed by atoms with E-state index in [9.17, 15) is 0 Å². The van der Waals surface area contributed by atoms with Crippen molar-refractivity contribution >= 4 is 0 Å². The van der Waals surface area contributed by atoms with Gasteiger partial charge in [-0.15, -0.1) is 0 Å². The van der Waals surface area contributed by atoms with Crippen LogP contribution >= 0.6 is 0 Å². The Balaban J connectivity index is 2.70. The quantitative estimate of drug-likeness (QED) is 0.725. The molecule has 1 atom stereocenters. The fourth-order valence-corrected chi connectivity index (χ4v) is 1.42. The molecule has 0 aliphatic heterocycles. The smallest absolute Gasteiger partial charge is 0.145 e. The third kappa shape index (κ3) is 3.80. The Labute approximate surface area is 91.7 Å². The molecule has 1 heterocycles. The van der Waals surface area contributed by atoms with Crippen LogP contribution in [-0.2, 0) is 0 Å². The second-order valence-electron chi connectivity index (χ2n) is 3.52. The lowest BCUT2D eigenvalue weighted by molar-refractivity contribution is 0.515. The van der Waals surface area contributed by atoms with Crippen molar-refractivity contribution in [2.45, 2.75) is 32.7 Å². The van der Waals surface area contributed by atoms with E-state index in [0.29, 0.717) is 0 Å². The van der Waals surface area contributed by atoms with Gasteiger partial charge in [-0.3, -0.25) is 0 Å². The molecule has 0 amide bonds. The molecule has 0 aliphatic rings. The predicted octanol–water partition coefficient (Wildman–Crippen LogP) is 2.48. The van der Waals surface area contributed by atoms with Gasteiger partial charge in [0, 0.05) is 12.4 Å². The van der Waals surface area contributed by atoms with Crippen LogP contribution < -0.4 is 5.32 Å². The lowest BCUT2D eigenvalue weighted by Crippen LogP contribution is -2.23. The first-order chi connectivity index (χ1) is 7.27. The standard InChI is InChI=1S/C12H19N3/c1-4-10(3)9-11(13-5-2)12-14-7-6-8-15-12/h6-8,11,13H,3-5,9H2,1-2H3. The van der Waals surface area contributed by atoms with E-state index in [-0.39, 0.29) is 6.04 Å². The zero-order valence-corrected chi connectivity index (χ0v) is 9.53. The van der Waals surface area contributed by atoms with E-state index in [1.54, 1.807) is 12.4 Å². The summed E-state index contributed by atoms with van der Waals surface area (Å²) in [5.74, 6) is 0.856. The van der Waals surface area contributed by atoms with Crippen molar-refractivity contribution in [1.82, 2.24) is 15.3 Å². The molecule has 1 unspecified atom stereocenters. The van der Waals surface area contributed by atoms with Gasteiger partial charge in [0.15, 0.2) is 0 Å². The molecular formula is C12H19N3. The van der Waals surface area contributed by atoms with Crippen LogP contribution in [0.1, 0.15) is 38.6 Å². The maximum Gasteiger partial charge on any atom is 0.145 e. The Hall–Kier alpha value is -1.22. The van der Waals surface area contributed by atoms with Crippen molar-refractivity contribution in [3.8, 4) is 0 Å². The van der Waals surface area contributed by atoms with Gasteiger partial charge in [0.2, 0.25) is 0 Å². The molecule has 0 aliphatic carbocycles. The minimum Gasteiger partial charge on any atom is -0.307 e. The minimum absolute atomic E-state index is 0.198. The maximum absolute atomic E-state index is 4.27. The fourth-order valence-electron chi connectivity index (χ4n) is 1.42. The molecule has 0 radical (unpaired) electrons. The fraction of sp³-hybridized carbons (Fsp3) is 0.500. The van der Waals surface area contributed by atoms with E-state index in [1.165, 1.54) is 5.57 Å². The first-order valence-corrected chi connectivity index (χ1v) is 5.44. The van der Waals surface area contributed by atoms with Crippen LogP contribution in [-0.4, -0.2) is 16.5 Å².